The molecule has 1 heterocycles. The Balaban J connectivity index is 1.97. The van der Waals surface area contributed by atoms with Crippen molar-refractivity contribution in [1.82, 2.24) is 4.57 Å². The third kappa shape index (κ3) is 4.40. The van der Waals surface area contributed by atoms with E-state index in [1.165, 1.54) is 5.56 Å². The van der Waals surface area contributed by atoms with Gasteiger partial charge in [-0.1, -0.05) is 55.7 Å². The number of aliphatic hydroxyl groups excluding tert-OH is 1. The van der Waals surface area contributed by atoms with Crippen LogP contribution in [0, 0.1) is 6.92 Å². The highest BCUT2D eigenvalue weighted by molar-refractivity contribution is 5.93. The molecule has 1 aromatic heterocycles. The predicted octanol–water partition coefficient (Wildman–Crippen LogP) is 4.98. The topological polar surface area (TPSA) is 62.5 Å². The van der Waals surface area contributed by atoms with Crippen molar-refractivity contribution in [1.29, 1.82) is 0 Å². The number of hydrogen-bond donors (Lipinski definition) is 2. The molecule has 4 heteroatoms. The second-order valence-corrected chi connectivity index (χ2v) is 7.28. The van der Waals surface area contributed by atoms with E-state index in [1.54, 1.807) is 12.1 Å². The molecule has 0 fully saturated rings. The summed E-state index contributed by atoms with van der Waals surface area (Å²) in [7, 11) is 0. The predicted molar refractivity (Wildman–Crippen MR) is 108 cm³/mol. The maximum absolute atomic E-state index is 11.3. The highest BCUT2D eigenvalue weighted by Crippen LogP contribution is 2.28. The molecule has 3 rings (SSSR count). The summed E-state index contributed by atoms with van der Waals surface area (Å²) < 4.78 is 2.06. The number of aromatic carboxylic acids is 1. The quantitative estimate of drug-likeness (QED) is 0.591. The fourth-order valence-corrected chi connectivity index (χ4v) is 3.65. The van der Waals surface area contributed by atoms with Crippen LogP contribution >= 0.6 is 0 Å². The number of hydrogen-bond acceptors (Lipinski definition) is 2. The van der Waals surface area contributed by atoms with Crippen molar-refractivity contribution >= 4 is 16.9 Å². The molecule has 0 bridgehead atoms. The monoisotopic (exact) mass is 365 g/mol. The van der Waals surface area contributed by atoms with Crippen molar-refractivity contribution in [2.45, 2.75) is 51.7 Å². The van der Waals surface area contributed by atoms with E-state index in [4.69, 9.17) is 0 Å². The molecule has 0 amide bonds. The first-order valence-corrected chi connectivity index (χ1v) is 9.56. The number of carbonyl (C=O) groups is 1. The van der Waals surface area contributed by atoms with Crippen LogP contribution in [0.3, 0.4) is 0 Å². The molecule has 0 aliphatic rings. The molecular weight excluding hydrogens is 338 g/mol. The molecule has 3 aromatic rings. The Kier molecular flexibility index (Phi) is 5.97. The second kappa shape index (κ2) is 8.40. The highest BCUT2D eigenvalue weighted by Gasteiger charge is 2.22. The average molecular weight is 365 g/mol. The minimum Gasteiger partial charge on any atom is -0.478 e. The molecule has 2 atom stereocenters. The van der Waals surface area contributed by atoms with E-state index in [0.29, 0.717) is 6.54 Å². The van der Waals surface area contributed by atoms with E-state index >= 15 is 0 Å². The largest absolute Gasteiger partial charge is 0.478 e. The molecule has 2 unspecified atom stereocenters. The lowest BCUT2D eigenvalue weighted by Crippen LogP contribution is -2.23. The zero-order valence-electron chi connectivity index (χ0n) is 15.9. The highest BCUT2D eigenvalue weighted by atomic mass is 16.4. The molecule has 0 saturated heterocycles. The molecule has 0 radical (unpaired) electrons. The number of carboxylic acids is 1. The van der Waals surface area contributed by atoms with Crippen molar-refractivity contribution in [2.24, 2.45) is 0 Å². The Morgan fingerprint density at radius 1 is 1.15 bits per heavy atom. The van der Waals surface area contributed by atoms with Crippen LogP contribution < -0.4 is 0 Å². The second-order valence-electron chi connectivity index (χ2n) is 7.28. The lowest BCUT2D eigenvalue weighted by molar-refractivity contribution is 0.0697. The Morgan fingerprint density at radius 3 is 2.67 bits per heavy atom. The summed E-state index contributed by atoms with van der Waals surface area (Å²) in [4.78, 5) is 11.3. The standard InChI is InChI=1S/C23H27NO3/c1-3-4-8-22(25)20(18-7-5-6-16(2)13-18)15-24-12-11-17-9-10-19(23(26)27)14-21(17)24/h5-7,9-14,20,22,25H,3-4,8,15H2,1-2H3,(H,26,27). The van der Waals surface area contributed by atoms with Crippen LogP contribution in [0.25, 0.3) is 10.9 Å². The van der Waals surface area contributed by atoms with E-state index in [9.17, 15) is 15.0 Å². The molecule has 0 spiro atoms. The molecule has 0 aliphatic heterocycles. The first kappa shape index (κ1) is 19.2. The first-order valence-electron chi connectivity index (χ1n) is 9.56. The third-order valence-corrected chi connectivity index (χ3v) is 5.20. The summed E-state index contributed by atoms with van der Waals surface area (Å²) in [6, 6.07) is 15.5. The molecular formula is C23H27NO3. The van der Waals surface area contributed by atoms with Gasteiger partial charge in [0.05, 0.1) is 11.7 Å². The Morgan fingerprint density at radius 2 is 1.96 bits per heavy atom. The number of rotatable bonds is 8. The van der Waals surface area contributed by atoms with Crippen molar-refractivity contribution in [3.8, 4) is 0 Å². The summed E-state index contributed by atoms with van der Waals surface area (Å²) in [6.07, 6.45) is 4.33. The van der Waals surface area contributed by atoms with Crippen molar-refractivity contribution in [2.75, 3.05) is 0 Å². The van der Waals surface area contributed by atoms with Gasteiger partial charge in [0, 0.05) is 24.2 Å². The van der Waals surface area contributed by atoms with Crippen LogP contribution in [-0.2, 0) is 6.54 Å². The van der Waals surface area contributed by atoms with Crippen LogP contribution in [0.15, 0.2) is 54.7 Å². The van der Waals surface area contributed by atoms with Gasteiger partial charge in [-0.3, -0.25) is 0 Å². The average Bonchev–Trinajstić information content (AvgIpc) is 3.06. The number of nitrogens with zero attached hydrogens (tertiary/aromatic N) is 1. The van der Waals surface area contributed by atoms with Gasteiger partial charge in [0.1, 0.15) is 0 Å². The molecule has 142 valence electrons. The fourth-order valence-electron chi connectivity index (χ4n) is 3.65. The summed E-state index contributed by atoms with van der Waals surface area (Å²) >= 11 is 0. The van der Waals surface area contributed by atoms with E-state index in [-0.39, 0.29) is 11.5 Å². The third-order valence-electron chi connectivity index (χ3n) is 5.20. The van der Waals surface area contributed by atoms with Gasteiger partial charge in [0.25, 0.3) is 0 Å². The van der Waals surface area contributed by atoms with Gasteiger partial charge < -0.3 is 14.8 Å². The zero-order chi connectivity index (χ0) is 19.4. The Labute approximate surface area is 160 Å². The maximum Gasteiger partial charge on any atom is 0.335 e. The van der Waals surface area contributed by atoms with Crippen LogP contribution in [0.5, 0.6) is 0 Å². The smallest absolute Gasteiger partial charge is 0.335 e. The van der Waals surface area contributed by atoms with Crippen LogP contribution in [0.2, 0.25) is 0 Å². The minimum absolute atomic E-state index is 0.0412. The zero-order valence-corrected chi connectivity index (χ0v) is 15.9. The number of aryl methyl sites for hydroxylation is 1. The van der Waals surface area contributed by atoms with Crippen LogP contribution in [0.1, 0.15) is 53.6 Å². The number of unbranched alkanes of at least 4 members (excludes halogenated alkanes) is 1. The van der Waals surface area contributed by atoms with Crippen molar-refractivity contribution < 1.29 is 15.0 Å². The van der Waals surface area contributed by atoms with E-state index in [2.05, 4.69) is 36.6 Å². The molecule has 0 aliphatic carbocycles. The van der Waals surface area contributed by atoms with Crippen LogP contribution in [0.4, 0.5) is 0 Å². The van der Waals surface area contributed by atoms with Gasteiger partial charge in [-0.25, -0.2) is 4.79 Å². The lowest BCUT2D eigenvalue weighted by atomic mass is 9.89. The minimum atomic E-state index is -0.928. The summed E-state index contributed by atoms with van der Waals surface area (Å²) in [5.74, 6) is -0.969. The van der Waals surface area contributed by atoms with Gasteiger partial charge in [0.2, 0.25) is 0 Å². The van der Waals surface area contributed by atoms with Gasteiger partial charge in [-0.2, -0.15) is 0 Å². The lowest BCUT2D eigenvalue weighted by Gasteiger charge is -2.25. The fraction of sp³-hybridized carbons (Fsp3) is 0.348. The van der Waals surface area contributed by atoms with Gasteiger partial charge in [0.15, 0.2) is 0 Å². The van der Waals surface area contributed by atoms with Crippen LogP contribution in [-0.4, -0.2) is 26.9 Å². The molecule has 0 saturated carbocycles. The summed E-state index contributed by atoms with van der Waals surface area (Å²) in [5.41, 5.74) is 3.46. The number of carboxylic acid groups (broad SMARTS) is 1. The van der Waals surface area contributed by atoms with Gasteiger partial charge in [-0.15, -0.1) is 0 Å². The molecule has 2 aromatic carbocycles. The number of fused-ring (bicyclic) bond motifs is 1. The molecule has 4 nitrogen and oxygen atoms in total. The molecule has 27 heavy (non-hydrogen) atoms. The number of benzene rings is 2. The SMILES string of the molecule is CCCCC(O)C(Cn1ccc2ccc(C(=O)O)cc21)c1cccc(C)c1. The van der Waals surface area contributed by atoms with E-state index in [0.717, 1.165) is 35.7 Å². The Bertz CT molecular complexity index is 928. The van der Waals surface area contributed by atoms with Crippen molar-refractivity contribution in [3.05, 3.63) is 71.4 Å². The summed E-state index contributed by atoms with van der Waals surface area (Å²) in [6.45, 7) is 4.80. The molecule has 2 N–H and O–H groups in total. The first-order chi connectivity index (χ1) is 13.0. The number of aromatic nitrogens is 1. The van der Waals surface area contributed by atoms with Gasteiger partial charge >= 0.3 is 5.97 Å². The van der Waals surface area contributed by atoms with E-state index < -0.39 is 12.1 Å². The normalized spacial score (nSPS) is 13.6. The van der Waals surface area contributed by atoms with Crippen molar-refractivity contribution in [3.63, 3.8) is 0 Å². The Hall–Kier alpha value is -2.59. The number of aliphatic hydroxyl groups is 1. The summed E-state index contributed by atoms with van der Waals surface area (Å²) in [5, 5.41) is 21.2. The van der Waals surface area contributed by atoms with Gasteiger partial charge in [-0.05, 0) is 42.5 Å². The van der Waals surface area contributed by atoms with E-state index in [1.807, 2.05) is 24.4 Å². The maximum atomic E-state index is 11.3.